The Balaban J connectivity index is 1.93. The summed E-state index contributed by atoms with van der Waals surface area (Å²) in [7, 11) is 0. The van der Waals surface area contributed by atoms with Gasteiger partial charge in [0.15, 0.2) is 0 Å². The highest BCUT2D eigenvalue weighted by atomic mass is 16.5. The summed E-state index contributed by atoms with van der Waals surface area (Å²) in [6.07, 6.45) is 5.09. The molecule has 2 aliphatic rings. The zero-order valence-electron chi connectivity index (χ0n) is 11.5. The molecule has 0 aromatic rings. The molecule has 0 aromatic heterocycles. The van der Waals surface area contributed by atoms with Gasteiger partial charge in [0, 0.05) is 31.2 Å². The molecule has 0 spiro atoms. The first kappa shape index (κ1) is 13.3. The van der Waals surface area contributed by atoms with E-state index in [0.29, 0.717) is 6.04 Å². The molecule has 0 aliphatic carbocycles. The van der Waals surface area contributed by atoms with Crippen molar-refractivity contribution in [2.45, 2.75) is 45.6 Å². The van der Waals surface area contributed by atoms with E-state index in [1.807, 2.05) is 0 Å². The van der Waals surface area contributed by atoms with E-state index < -0.39 is 0 Å². The van der Waals surface area contributed by atoms with Crippen molar-refractivity contribution >= 4 is 0 Å². The number of hydrogen-bond acceptors (Lipinski definition) is 3. The Morgan fingerprint density at radius 1 is 1.41 bits per heavy atom. The Kier molecular flexibility index (Phi) is 4.45. The minimum absolute atomic E-state index is 0.229. The van der Waals surface area contributed by atoms with E-state index in [0.717, 1.165) is 32.2 Å². The molecule has 0 amide bonds. The Morgan fingerprint density at radius 3 is 2.82 bits per heavy atom. The highest BCUT2D eigenvalue weighted by Gasteiger charge is 2.36. The molecule has 100 valence electrons. The van der Waals surface area contributed by atoms with Crippen molar-refractivity contribution in [3.63, 3.8) is 0 Å². The number of hydrogen-bond donors (Lipinski definition) is 1. The molecule has 0 bridgehead atoms. The lowest BCUT2D eigenvalue weighted by Crippen LogP contribution is -2.52. The molecule has 2 aliphatic heterocycles. The summed E-state index contributed by atoms with van der Waals surface area (Å²) in [5.74, 6) is 0.887. The van der Waals surface area contributed by atoms with Gasteiger partial charge >= 0.3 is 0 Å². The fourth-order valence-corrected chi connectivity index (χ4v) is 3.38. The van der Waals surface area contributed by atoms with Crippen molar-refractivity contribution < 1.29 is 4.74 Å². The molecule has 2 N–H and O–H groups in total. The van der Waals surface area contributed by atoms with Crippen molar-refractivity contribution in [1.82, 2.24) is 4.90 Å². The highest BCUT2D eigenvalue weighted by molar-refractivity contribution is 4.89. The molecule has 2 rings (SSSR count). The topological polar surface area (TPSA) is 38.5 Å². The largest absolute Gasteiger partial charge is 0.381 e. The Hall–Kier alpha value is -0.120. The lowest BCUT2D eigenvalue weighted by molar-refractivity contribution is -0.0347. The lowest BCUT2D eigenvalue weighted by Gasteiger charge is -2.44. The minimum atomic E-state index is 0.229. The van der Waals surface area contributed by atoms with Crippen LogP contribution >= 0.6 is 0 Å². The second-order valence-electron chi connectivity index (χ2n) is 6.31. The van der Waals surface area contributed by atoms with E-state index in [1.165, 1.54) is 32.2 Å². The first-order chi connectivity index (χ1) is 8.15. The standard InChI is InChI=1S/C14H28N2O/c1-12-4-6-16(13(2)8-12)10-14(9-15)5-3-7-17-11-14/h12-13H,3-11,15H2,1-2H3. The predicted octanol–water partition coefficient (Wildman–Crippen LogP) is 1.86. The zero-order chi connectivity index (χ0) is 12.3. The summed E-state index contributed by atoms with van der Waals surface area (Å²) in [5, 5.41) is 0. The molecule has 0 aromatic carbocycles. The molecule has 0 saturated carbocycles. The molecule has 2 heterocycles. The van der Waals surface area contributed by atoms with E-state index in [2.05, 4.69) is 18.7 Å². The summed E-state index contributed by atoms with van der Waals surface area (Å²) in [4.78, 5) is 2.64. The van der Waals surface area contributed by atoms with Crippen LogP contribution in [-0.2, 0) is 4.74 Å². The average molecular weight is 240 g/mol. The smallest absolute Gasteiger partial charge is 0.0546 e. The van der Waals surface area contributed by atoms with Crippen LogP contribution in [0.3, 0.4) is 0 Å². The highest BCUT2D eigenvalue weighted by Crippen LogP contribution is 2.32. The normalized spacial score (nSPS) is 40.4. The average Bonchev–Trinajstić information content (AvgIpc) is 2.34. The maximum absolute atomic E-state index is 6.02. The third-order valence-electron chi connectivity index (χ3n) is 4.65. The molecular formula is C14H28N2O. The number of rotatable bonds is 3. The molecule has 3 unspecified atom stereocenters. The molecule has 3 atom stereocenters. The summed E-state index contributed by atoms with van der Waals surface area (Å²) < 4.78 is 5.67. The fraction of sp³-hybridized carbons (Fsp3) is 1.00. The quantitative estimate of drug-likeness (QED) is 0.818. The van der Waals surface area contributed by atoms with Gasteiger partial charge in [-0.1, -0.05) is 6.92 Å². The van der Waals surface area contributed by atoms with Crippen LogP contribution in [0.2, 0.25) is 0 Å². The fourth-order valence-electron chi connectivity index (χ4n) is 3.38. The second-order valence-corrected chi connectivity index (χ2v) is 6.31. The Morgan fingerprint density at radius 2 is 2.24 bits per heavy atom. The van der Waals surface area contributed by atoms with Crippen LogP contribution in [0.25, 0.3) is 0 Å². The number of likely N-dealkylation sites (tertiary alicyclic amines) is 1. The van der Waals surface area contributed by atoms with Crippen molar-refractivity contribution in [2.75, 3.05) is 32.8 Å². The van der Waals surface area contributed by atoms with Crippen molar-refractivity contribution in [2.24, 2.45) is 17.1 Å². The van der Waals surface area contributed by atoms with Gasteiger partial charge < -0.3 is 10.5 Å². The summed E-state index contributed by atoms with van der Waals surface area (Å²) in [6, 6.07) is 0.712. The molecular weight excluding hydrogens is 212 g/mol. The van der Waals surface area contributed by atoms with Crippen molar-refractivity contribution in [3.05, 3.63) is 0 Å². The van der Waals surface area contributed by atoms with Gasteiger partial charge in [-0.3, -0.25) is 4.90 Å². The number of ether oxygens (including phenoxy) is 1. The summed E-state index contributed by atoms with van der Waals surface area (Å²) >= 11 is 0. The van der Waals surface area contributed by atoms with Crippen LogP contribution in [-0.4, -0.2) is 43.8 Å². The Labute approximate surface area is 106 Å². The van der Waals surface area contributed by atoms with E-state index in [1.54, 1.807) is 0 Å². The second kappa shape index (κ2) is 5.68. The summed E-state index contributed by atoms with van der Waals surface area (Å²) in [6.45, 7) is 9.67. The van der Waals surface area contributed by atoms with Crippen molar-refractivity contribution in [3.8, 4) is 0 Å². The monoisotopic (exact) mass is 240 g/mol. The third kappa shape index (κ3) is 3.21. The van der Waals surface area contributed by atoms with Gasteiger partial charge in [0.25, 0.3) is 0 Å². The molecule has 0 radical (unpaired) electrons. The number of nitrogens with zero attached hydrogens (tertiary/aromatic N) is 1. The lowest BCUT2D eigenvalue weighted by atomic mass is 9.80. The zero-order valence-corrected chi connectivity index (χ0v) is 11.5. The van der Waals surface area contributed by atoms with Gasteiger partial charge in [-0.2, -0.15) is 0 Å². The minimum Gasteiger partial charge on any atom is -0.381 e. The molecule has 3 heteroatoms. The summed E-state index contributed by atoms with van der Waals surface area (Å²) in [5.41, 5.74) is 6.25. The number of piperidine rings is 1. The van der Waals surface area contributed by atoms with Gasteiger partial charge in [0.1, 0.15) is 0 Å². The van der Waals surface area contributed by atoms with E-state index in [4.69, 9.17) is 10.5 Å². The van der Waals surface area contributed by atoms with E-state index in [9.17, 15) is 0 Å². The first-order valence-corrected chi connectivity index (χ1v) is 7.17. The maximum atomic E-state index is 6.02. The third-order valence-corrected chi connectivity index (χ3v) is 4.65. The molecule has 17 heavy (non-hydrogen) atoms. The predicted molar refractivity (Wildman–Crippen MR) is 71.0 cm³/mol. The molecule has 2 fully saturated rings. The number of nitrogens with two attached hydrogens (primary N) is 1. The van der Waals surface area contributed by atoms with Gasteiger partial charge in [-0.05, 0) is 45.1 Å². The van der Waals surface area contributed by atoms with Gasteiger partial charge in [0.05, 0.1) is 6.61 Å². The molecule has 3 nitrogen and oxygen atoms in total. The van der Waals surface area contributed by atoms with Gasteiger partial charge in [-0.25, -0.2) is 0 Å². The first-order valence-electron chi connectivity index (χ1n) is 7.17. The van der Waals surface area contributed by atoms with Gasteiger partial charge in [-0.15, -0.1) is 0 Å². The van der Waals surface area contributed by atoms with Crippen LogP contribution in [0.1, 0.15) is 39.5 Å². The van der Waals surface area contributed by atoms with Crippen LogP contribution in [0.15, 0.2) is 0 Å². The van der Waals surface area contributed by atoms with E-state index >= 15 is 0 Å². The van der Waals surface area contributed by atoms with Crippen molar-refractivity contribution in [1.29, 1.82) is 0 Å². The van der Waals surface area contributed by atoms with Gasteiger partial charge in [0.2, 0.25) is 0 Å². The SMILES string of the molecule is CC1CCN(CC2(CN)CCCOC2)C(C)C1. The maximum Gasteiger partial charge on any atom is 0.0546 e. The van der Waals surface area contributed by atoms with Crippen LogP contribution in [0, 0.1) is 11.3 Å². The van der Waals surface area contributed by atoms with Crippen LogP contribution in [0.5, 0.6) is 0 Å². The Bertz CT molecular complexity index is 238. The van der Waals surface area contributed by atoms with Crippen LogP contribution in [0.4, 0.5) is 0 Å². The van der Waals surface area contributed by atoms with Crippen LogP contribution < -0.4 is 5.73 Å². The van der Waals surface area contributed by atoms with E-state index in [-0.39, 0.29) is 5.41 Å². The molecule has 2 saturated heterocycles.